The fourth-order valence-corrected chi connectivity index (χ4v) is 3.20. The second-order valence-corrected chi connectivity index (χ2v) is 6.65. The monoisotopic (exact) mass is 362 g/mol. The SMILES string of the molecule is COCCc1noc([C@@H]2CCCN(C(=O)NCc3cn(C)nc3C)C2)n1. The number of ether oxygens (including phenoxy) is 1. The first-order valence-corrected chi connectivity index (χ1v) is 8.90. The second kappa shape index (κ2) is 8.31. The lowest BCUT2D eigenvalue weighted by Crippen LogP contribution is -2.44. The van der Waals surface area contributed by atoms with Crippen LogP contribution >= 0.6 is 0 Å². The number of carbonyl (C=O) groups is 1. The molecule has 0 radical (unpaired) electrons. The number of nitrogens with one attached hydrogen (secondary N) is 1. The third-order valence-electron chi connectivity index (χ3n) is 4.62. The van der Waals surface area contributed by atoms with Crippen molar-refractivity contribution in [2.45, 2.75) is 38.6 Å². The van der Waals surface area contributed by atoms with Crippen molar-refractivity contribution in [2.75, 3.05) is 26.8 Å². The van der Waals surface area contributed by atoms with E-state index in [-0.39, 0.29) is 11.9 Å². The largest absolute Gasteiger partial charge is 0.384 e. The predicted octanol–water partition coefficient (Wildman–Crippen LogP) is 1.39. The molecule has 1 atom stereocenters. The molecule has 9 heteroatoms. The summed E-state index contributed by atoms with van der Waals surface area (Å²) in [6, 6.07) is -0.0722. The smallest absolute Gasteiger partial charge is 0.317 e. The minimum atomic E-state index is -0.0722. The summed E-state index contributed by atoms with van der Waals surface area (Å²) in [5.74, 6) is 1.34. The summed E-state index contributed by atoms with van der Waals surface area (Å²) in [6.45, 7) is 4.30. The number of rotatable bonds is 6. The van der Waals surface area contributed by atoms with E-state index >= 15 is 0 Å². The molecular formula is C17H26N6O3. The molecule has 1 aliphatic rings. The molecule has 0 saturated carbocycles. The molecule has 2 amide bonds. The molecule has 2 aromatic rings. The third-order valence-corrected chi connectivity index (χ3v) is 4.62. The highest BCUT2D eigenvalue weighted by Gasteiger charge is 2.28. The molecule has 1 fully saturated rings. The summed E-state index contributed by atoms with van der Waals surface area (Å²) in [5.41, 5.74) is 1.95. The average Bonchev–Trinajstić information content (AvgIpc) is 3.24. The molecule has 2 aromatic heterocycles. The van der Waals surface area contributed by atoms with Crippen LogP contribution in [0.2, 0.25) is 0 Å². The summed E-state index contributed by atoms with van der Waals surface area (Å²) in [6.07, 6.45) is 4.41. The van der Waals surface area contributed by atoms with Gasteiger partial charge in [-0.25, -0.2) is 4.79 Å². The van der Waals surface area contributed by atoms with Crippen molar-refractivity contribution in [3.8, 4) is 0 Å². The normalized spacial score (nSPS) is 17.5. The summed E-state index contributed by atoms with van der Waals surface area (Å²) < 4.78 is 12.2. The summed E-state index contributed by atoms with van der Waals surface area (Å²) in [4.78, 5) is 18.8. The van der Waals surface area contributed by atoms with Gasteiger partial charge in [-0.2, -0.15) is 10.1 Å². The van der Waals surface area contributed by atoms with E-state index in [1.807, 2.05) is 25.1 Å². The zero-order valence-electron chi connectivity index (χ0n) is 15.6. The van der Waals surface area contributed by atoms with E-state index < -0.39 is 0 Å². The number of piperidine rings is 1. The van der Waals surface area contributed by atoms with Crippen LogP contribution in [0.4, 0.5) is 4.79 Å². The Labute approximate surface area is 152 Å². The molecule has 3 heterocycles. The Morgan fingerprint density at radius 3 is 3.08 bits per heavy atom. The van der Waals surface area contributed by atoms with Crippen molar-refractivity contribution in [3.63, 3.8) is 0 Å². The summed E-state index contributed by atoms with van der Waals surface area (Å²) >= 11 is 0. The predicted molar refractivity (Wildman–Crippen MR) is 93.6 cm³/mol. The zero-order valence-corrected chi connectivity index (χ0v) is 15.6. The number of aryl methyl sites for hydroxylation is 2. The third kappa shape index (κ3) is 4.40. The molecule has 26 heavy (non-hydrogen) atoms. The number of urea groups is 1. The summed E-state index contributed by atoms with van der Waals surface area (Å²) in [5, 5.41) is 11.3. The molecule has 0 spiro atoms. The maximum Gasteiger partial charge on any atom is 0.317 e. The Kier molecular flexibility index (Phi) is 5.87. The fraction of sp³-hybridized carbons (Fsp3) is 0.647. The number of carbonyl (C=O) groups excluding carboxylic acids is 1. The van der Waals surface area contributed by atoms with Crippen LogP contribution < -0.4 is 5.32 Å². The van der Waals surface area contributed by atoms with Crippen LogP contribution in [0.5, 0.6) is 0 Å². The van der Waals surface area contributed by atoms with E-state index in [1.54, 1.807) is 11.8 Å². The topological polar surface area (TPSA) is 98.3 Å². The van der Waals surface area contributed by atoms with Gasteiger partial charge in [-0.15, -0.1) is 0 Å². The Morgan fingerprint density at radius 1 is 1.50 bits per heavy atom. The summed E-state index contributed by atoms with van der Waals surface area (Å²) in [7, 11) is 3.52. The highest BCUT2D eigenvalue weighted by molar-refractivity contribution is 5.74. The molecule has 0 aromatic carbocycles. The van der Waals surface area contributed by atoms with E-state index in [4.69, 9.17) is 9.26 Å². The number of hydrogen-bond donors (Lipinski definition) is 1. The first kappa shape index (κ1) is 18.4. The van der Waals surface area contributed by atoms with Gasteiger partial charge in [-0.05, 0) is 19.8 Å². The highest BCUT2D eigenvalue weighted by atomic mass is 16.5. The van der Waals surface area contributed by atoms with Gasteiger partial charge in [0.1, 0.15) is 0 Å². The number of likely N-dealkylation sites (tertiary alicyclic amines) is 1. The van der Waals surface area contributed by atoms with Crippen molar-refractivity contribution in [1.29, 1.82) is 0 Å². The Balaban J connectivity index is 1.54. The lowest BCUT2D eigenvalue weighted by Gasteiger charge is -2.31. The molecule has 0 bridgehead atoms. The molecule has 0 aliphatic carbocycles. The van der Waals surface area contributed by atoms with E-state index in [0.717, 1.165) is 30.6 Å². The number of methoxy groups -OCH3 is 1. The van der Waals surface area contributed by atoms with Crippen molar-refractivity contribution < 1.29 is 14.1 Å². The van der Waals surface area contributed by atoms with Crippen molar-refractivity contribution in [3.05, 3.63) is 29.2 Å². The quantitative estimate of drug-likeness (QED) is 0.834. The lowest BCUT2D eigenvalue weighted by atomic mass is 9.98. The van der Waals surface area contributed by atoms with Gasteiger partial charge in [0.2, 0.25) is 5.89 Å². The number of nitrogens with zero attached hydrogens (tertiary/aromatic N) is 5. The van der Waals surface area contributed by atoms with Crippen LogP contribution in [0, 0.1) is 6.92 Å². The molecule has 1 aliphatic heterocycles. The van der Waals surface area contributed by atoms with Gasteiger partial charge in [0.05, 0.1) is 18.2 Å². The Bertz CT molecular complexity index is 741. The lowest BCUT2D eigenvalue weighted by molar-refractivity contribution is 0.171. The molecule has 142 valence electrons. The van der Waals surface area contributed by atoms with E-state index in [1.165, 1.54) is 0 Å². The highest BCUT2D eigenvalue weighted by Crippen LogP contribution is 2.25. The van der Waals surface area contributed by atoms with Crippen molar-refractivity contribution >= 4 is 6.03 Å². The van der Waals surface area contributed by atoms with Gasteiger partial charge in [0.25, 0.3) is 0 Å². The molecule has 0 unspecified atom stereocenters. The van der Waals surface area contributed by atoms with Crippen LogP contribution in [-0.4, -0.2) is 57.7 Å². The van der Waals surface area contributed by atoms with Crippen LogP contribution in [0.25, 0.3) is 0 Å². The first-order valence-electron chi connectivity index (χ1n) is 8.90. The number of hydrogen-bond acceptors (Lipinski definition) is 6. The molecule has 9 nitrogen and oxygen atoms in total. The first-order chi connectivity index (χ1) is 12.6. The van der Waals surface area contributed by atoms with E-state index in [2.05, 4.69) is 20.6 Å². The fourth-order valence-electron chi connectivity index (χ4n) is 3.20. The minimum Gasteiger partial charge on any atom is -0.384 e. The molecule has 1 saturated heterocycles. The molecular weight excluding hydrogens is 336 g/mol. The van der Waals surface area contributed by atoms with E-state index in [9.17, 15) is 4.79 Å². The van der Waals surface area contributed by atoms with Gasteiger partial charge >= 0.3 is 6.03 Å². The van der Waals surface area contributed by atoms with Crippen LogP contribution in [-0.2, 0) is 24.8 Å². The van der Waals surface area contributed by atoms with Gasteiger partial charge in [0, 0.05) is 52.0 Å². The number of amides is 2. The van der Waals surface area contributed by atoms with Gasteiger partial charge in [0.15, 0.2) is 5.82 Å². The molecule has 1 N–H and O–H groups in total. The Hall–Kier alpha value is -2.42. The van der Waals surface area contributed by atoms with Crippen LogP contribution in [0.3, 0.4) is 0 Å². The average molecular weight is 362 g/mol. The van der Waals surface area contributed by atoms with E-state index in [0.29, 0.717) is 37.8 Å². The zero-order chi connectivity index (χ0) is 18.5. The standard InChI is InChI=1S/C17H26N6O3/c1-12-14(10-22(2)20-12)9-18-17(24)23-7-4-5-13(11-23)16-19-15(21-26-16)6-8-25-3/h10,13H,4-9,11H2,1-3H3,(H,18,24)/t13-/m1/s1. The number of aromatic nitrogens is 4. The maximum atomic E-state index is 12.5. The maximum absolute atomic E-state index is 12.5. The Morgan fingerprint density at radius 2 is 2.35 bits per heavy atom. The van der Waals surface area contributed by atoms with Crippen molar-refractivity contribution in [1.82, 2.24) is 30.1 Å². The van der Waals surface area contributed by atoms with Gasteiger partial charge in [-0.1, -0.05) is 5.16 Å². The van der Waals surface area contributed by atoms with Crippen LogP contribution in [0.15, 0.2) is 10.7 Å². The van der Waals surface area contributed by atoms with Crippen LogP contribution in [0.1, 0.15) is 41.7 Å². The minimum absolute atomic E-state index is 0.0722. The van der Waals surface area contributed by atoms with Gasteiger partial charge in [-0.3, -0.25) is 4.68 Å². The molecule has 3 rings (SSSR count). The second-order valence-electron chi connectivity index (χ2n) is 6.65. The van der Waals surface area contributed by atoms with Crippen molar-refractivity contribution in [2.24, 2.45) is 7.05 Å². The van der Waals surface area contributed by atoms with Gasteiger partial charge < -0.3 is 19.5 Å².